The summed E-state index contributed by atoms with van der Waals surface area (Å²) in [6.45, 7) is 0.471. The molecule has 1 rings (SSSR count). The van der Waals surface area contributed by atoms with E-state index in [1.807, 2.05) is 16.2 Å². The van der Waals surface area contributed by atoms with Crippen LogP contribution in [0.15, 0.2) is 26.2 Å². The maximum atomic E-state index is 7.99. The highest BCUT2D eigenvalue weighted by molar-refractivity contribution is 8.11. The fraction of sp³-hybridized carbons (Fsp3) is 0.200. The van der Waals surface area contributed by atoms with Gasteiger partial charge in [-0.1, -0.05) is 5.11 Å². The molecular formula is C5H5N3S2. The molecule has 0 aliphatic carbocycles. The molecule has 52 valence electrons. The van der Waals surface area contributed by atoms with Crippen molar-refractivity contribution >= 4 is 23.5 Å². The van der Waals surface area contributed by atoms with E-state index in [1.54, 1.807) is 23.5 Å². The van der Waals surface area contributed by atoms with Gasteiger partial charge < -0.3 is 0 Å². The fourth-order valence-corrected chi connectivity index (χ4v) is 1.95. The Morgan fingerprint density at radius 3 is 3.10 bits per heavy atom. The predicted molar refractivity (Wildman–Crippen MR) is 46.4 cm³/mol. The lowest BCUT2D eigenvalue weighted by molar-refractivity contribution is 1.20. The third-order valence-corrected chi connectivity index (χ3v) is 2.70. The van der Waals surface area contributed by atoms with Gasteiger partial charge in [-0.2, -0.15) is 0 Å². The molecule has 5 heteroatoms. The van der Waals surface area contributed by atoms with Gasteiger partial charge in [0.25, 0.3) is 0 Å². The summed E-state index contributed by atoms with van der Waals surface area (Å²) >= 11 is 3.20. The van der Waals surface area contributed by atoms with Gasteiger partial charge in [0.1, 0.15) is 0 Å². The Hall–Kier alpha value is -0.510. The number of nitrogens with zero attached hydrogens (tertiary/aromatic N) is 3. The zero-order chi connectivity index (χ0) is 7.23. The quantitative estimate of drug-likeness (QED) is 0.364. The minimum absolute atomic E-state index is 0.471. The molecular weight excluding hydrogens is 166 g/mol. The maximum Gasteiger partial charge on any atom is 0.0579 e. The zero-order valence-corrected chi connectivity index (χ0v) is 6.73. The van der Waals surface area contributed by atoms with Gasteiger partial charge in [0.05, 0.1) is 6.54 Å². The van der Waals surface area contributed by atoms with E-state index >= 15 is 0 Å². The molecule has 0 atom stereocenters. The molecule has 0 saturated carbocycles. The number of azide groups is 1. The normalized spacial score (nSPS) is 15.8. The standard InChI is InChI=1S/C5H5N3S2/c6-8-7-3-5-4-9-1-2-10-5/h1-2,4H,3H2. The molecule has 0 radical (unpaired) electrons. The van der Waals surface area contributed by atoms with Crippen LogP contribution in [0.2, 0.25) is 0 Å². The number of hydrogen-bond donors (Lipinski definition) is 0. The van der Waals surface area contributed by atoms with E-state index in [-0.39, 0.29) is 0 Å². The molecule has 1 aliphatic heterocycles. The van der Waals surface area contributed by atoms with Gasteiger partial charge in [-0.05, 0) is 21.8 Å². The molecule has 0 unspecified atom stereocenters. The molecule has 0 spiro atoms. The van der Waals surface area contributed by atoms with Crippen molar-refractivity contribution in [2.75, 3.05) is 6.54 Å². The molecule has 0 aromatic heterocycles. The summed E-state index contributed by atoms with van der Waals surface area (Å²) < 4.78 is 0. The molecule has 0 amide bonds. The van der Waals surface area contributed by atoms with Gasteiger partial charge in [-0.3, -0.25) is 0 Å². The zero-order valence-electron chi connectivity index (χ0n) is 5.10. The van der Waals surface area contributed by atoms with E-state index in [4.69, 9.17) is 5.53 Å². The van der Waals surface area contributed by atoms with Gasteiger partial charge in [-0.15, -0.1) is 23.5 Å². The Balaban J connectivity index is 2.41. The summed E-state index contributed by atoms with van der Waals surface area (Å²) in [5.41, 5.74) is 7.99. The van der Waals surface area contributed by atoms with Crippen LogP contribution >= 0.6 is 23.5 Å². The average Bonchev–Trinajstić information content (AvgIpc) is 2.03. The molecule has 3 nitrogen and oxygen atoms in total. The van der Waals surface area contributed by atoms with Gasteiger partial charge in [0.15, 0.2) is 0 Å². The first-order chi connectivity index (χ1) is 4.93. The van der Waals surface area contributed by atoms with Crippen molar-refractivity contribution in [3.05, 3.63) is 31.6 Å². The van der Waals surface area contributed by atoms with E-state index < -0.39 is 0 Å². The van der Waals surface area contributed by atoms with Crippen molar-refractivity contribution < 1.29 is 0 Å². The average molecular weight is 171 g/mol. The highest BCUT2D eigenvalue weighted by Gasteiger charge is 1.96. The number of thioether (sulfide) groups is 2. The van der Waals surface area contributed by atoms with Crippen LogP contribution in [0.4, 0.5) is 0 Å². The van der Waals surface area contributed by atoms with E-state index in [2.05, 4.69) is 10.0 Å². The van der Waals surface area contributed by atoms with Crippen LogP contribution in [0.5, 0.6) is 0 Å². The lowest BCUT2D eigenvalue weighted by atomic mass is 10.6. The van der Waals surface area contributed by atoms with Crippen LogP contribution < -0.4 is 0 Å². The van der Waals surface area contributed by atoms with Crippen LogP contribution in [0.1, 0.15) is 0 Å². The third-order valence-electron chi connectivity index (χ3n) is 0.843. The monoisotopic (exact) mass is 171 g/mol. The molecule has 0 bridgehead atoms. The van der Waals surface area contributed by atoms with Gasteiger partial charge in [0, 0.05) is 9.82 Å². The Bertz CT molecular complexity index is 215. The summed E-state index contributed by atoms with van der Waals surface area (Å²) in [4.78, 5) is 3.77. The highest BCUT2D eigenvalue weighted by Crippen LogP contribution is 2.27. The molecule has 0 N–H and O–H groups in total. The number of hydrogen-bond acceptors (Lipinski definition) is 3. The van der Waals surface area contributed by atoms with Crippen LogP contribution in [-0.2, 0) is 0 Å². The van der Waals surface area contributed by atoms with E-state index in [0.717, 1.165) is 4.91 Å². The van der Waals surface area contributed by atoms with Crippen molar-refractivity contribution in [2.24, 2.45) is 5.11 Å². The molecule has 1 aliphatic rings. The van der Waals surface area contributed by atoms with Crippen LogP contribution in [0, 0.1) is 0 Å². The summed E-state index contributed by atoms with van der Waals surface area (Å²) in [6.07, 6.45) is 0. The highest BCUT2D eigenvalue weighted by atomic mass is 32.2. The first-order valence-electron chi connectivity index (χ1n) is 2.60. The third kappa shape index (κ3) is 2.39. The van der Waals surface area contributed by atoms with Crippen molar-refractivity contribution in [1.82, 2.24) is 0 Å². The minimum Gasteiger partial charge on any atom is -0.105 e. The van der Waals surface area contributed by atoms with Gasteiger partial charge in [0.2, 0.25) is 0 Å². The van der Waals surface area contributed by atoms with Crippen LogP contribution in [0.25, 0.3) is 10.4 Å². The summed E-state index contributed by atoms with van der Waals surface area (Å²) in [5.74, 6) is 0. The molecule has 0 aromatic rings. The van der Waals surface area contributed by atoms with Crippen molar-refractivity contribution in [2.45, 2.75) is 0 Å². The SMILES string of the molecule is [N-]=[N+]=NCC1=CSC=CS1. The molecule has 10 heavy (non-hydrogen) atoms. The second-order valence-electron chi connectivity index (χ2n) is 1.50. The molecule has 0 fully saturated rings. The number of rotatable bonds is 2. The Morgan fingerprint density at radius 1 is 1.60 bits per heavy atom. The Morgan fingerprint density at radius 2 is 2.50 bits per heavy atom. The molecule has 1 heterocycles. The molecule has 0 aromatic carbocycles. The summed E-state index contributed by atoms with van der Waals surface area (Å²) in [6, 6.07) is 0. The van der Waals surface area contributed by atoms with Crippen molar-refractivity contribution in [3.8, 4) is 0 Å². The van der Waals surface area contributed by atoms with Crippen LogP contribution in [-0.4, -0.2) is 6.54 Å². The largest absolute Gasteiger partial charge is 0.105 e. The second-order valence-corrected chi connectivity index (χ2v) is 3.31. The van der Waals surface area contributed by atoms with Gasteiger partial charge in [-0.25, -0.2) is 0 Å². The first-order valence-corrected chi connectivity index (χ1v) is 4.43. The summed E-state index contributed by atoms with van der Waals surface area (Å²) in [7, 11) is 0. The van der Waals surface area contributed by atoms with Crippen molar-refractivity contribution in [1.29, 1.82) is 0 Å². The summed E-state index contributed by atoms with van der Waals surface area (Å²) in [5, 5.41) is 9.39. The fourth-order valence-electron chi connectivity index (χ4n) is 0.466. The Kier molecular flexibility index (Phi) is 3.29. The minimum atomic E-state index is 0.471. The Labute approximate surface area is 67.2 Å². The van der Waals surface area contributed by atoms with Crippen LogP contribution in [0.3, 0.4) is 0 Å². The van der Waals surface area contributed by atoms with Gasteiger partial charge >= 0.3 is 0 Å². The van der Waals surface area contributed by atoms with E-state index in [1.165, 1.54) is 0 Å². The van der Waals surface area contributed by atoms with Crippen molar-refractivity contribution in [3.63, 3.8) is 0 Å². The van der Waals surface area contributed by atoms with E-state index in [9.17, 15) is 0 Å². The smallest absolute Gasteiger partial charge is 0.0579 e. The van der Waals surface area contributed by atoms with E-state index in [0.29, 0.717) is 6.54 Å². The topological polar surface area (TPSA) is 48.8 Å². The molecule has 0 saturated heterocycles. The second kappa shape index (κ2) is 4.33. The lowest BCUT2D eigenvalue weighted by Crippen LogP contribution is -1.80. The first kappa shape index (κ1) is 7.60. The maximum absolute atomic E-state index is 7.99. The lowest BCUT2D eigenvalue weighted by Gasteiger charge is -2.01. The predicted octanol–water partition coefficient (Wildman–Crippen LogP) is 3.09.